The number of hydrogen-bond acceptors (Lipinski definition) is 2. The molecule has 0 saturated heterocycles. The van der Waals surface area contributed by atoms with Crippen molar-refractivity contribution in [2.24, 2.45) is 11.7 Å². The maximum absolute atomic E-state index is 11.5. The highest BCUT2D eigenvalue weighted by Crippen LogP contribution is 2.00. The summed E-state index contributed by atoms with van der Waals surface area (Å²) in [6.07, 6.45) is 3.32. The van der Waals surface area contributed by atoms with Crippen LogP contribution in [0.1, 0.15) is 19.4 Å². The summed E-state index contributed by atoms with van der Waals surface area (Å²) in [5, 5.41) is 2.78. The molecule has 0 aliphatic carbocycles. The van der Waals surface area contributed by atoms with Gasteiger partial charge in [-0.25, -0.2) is 0 Å². The third kappa shape index (κ3) is 5.31. The number of benzene rings is 1. The van der Waals surface area contributed by atoms with Crippen LogP contribution in [0, 0.1) is 5.92 Å². The fourth-order valence-electron chi connectivity index (χ4n) is 1.25. The Morgan fingerprint density at radius 3 is 2.59 bits per heavy atom. The average molecular weight is 232 g/mol. The lowest BCUT2D eigenvalue weighted by Gasteiger charge is -2.15. The van der Waals surface area contributed by atoms with Crippen LogP contribution in [0.25, 0.3) is 6.08 Å². The van der Waals surface area contributed by atoms with Gasteiger partial charge in [0.05, 0.1) is 0 Å². The van der Waals surface area contributed by atoms with E-state index < -0.39 is 0 Å². The molecule has 0 radical (unpaired) electrons. The van der Waals surface area contributed by atoms with Gasteiger partial charge in [-0.05, 0) is 17.6 Å². The van der Waals surface area contributed by atoms with Gasteiger partial charge in [0.1, 0.15) is 0 Å². The van der Waals surface area contributed by atoms with E-state index in [1.54, 1.807) is 6.08 Å². The molecule has 3 nitrogen and oxygen atoms in total. The highest BCUT2D eigenvalue weighted by molar-refractivity contribution is 5.91. The highest BCUT2D eigenvalue weighted by Gasteiger charge is 2.07. The molecule has 0 spiro atoms. The summed E-state index contributed by atoms with van der Waals surface area (Å²) in [7, 11) is 0. The van der Waals surface area contributed by atoms with E-state index in [0.717, 1.165) is 5.56 Å². The minimum Gasteiger partial charge on any atom is -0.351 e. The second-order valence-electron chi connectivity index (χ2n) is 4.40. The van der Waals surface area contributed by atoms with Crippen LogP contribution in [-0.2, 0) is 4.79 Å². The first-order valence-electron chi connectivity index (χ1n) is 5.86. The van der Waals surface area contributed by atoms with E-state index >= 15 is 0 Å². The lowest BCUT2D eigenvalue weighted by atomic mass is 10.1. The maximum atomic E-state index is 11.5. The number of nitrogens with two attached hydrogens (primary N) is 1. The Bertz CT molecular complexity index is 371. The number of rotatable bonds is 5. The molecule has 0 aliphatic heterocycles. The predicted molar refractivity (Wildman–Crippen MR) is 71.3 cm³/mol. The molecule has 17 heavy (non-hydrogen) atoms. The van der Waals surface area contributed by atoms with Crippen LogP contribution in [0.5, 0.6) is 0 Å². The molecule has 0 unspecified atom stereocenters. The van der Waals surface area contributed by atoms with E-state index in [2.05, 4.69) is 5.32 Å². The van der Waals surface area contributed by atoms with Crippen LogP contribution in [0.15, 0.2) is 36.4 Å². The van der Waals surface area contributed by atoms with Gasteiger partial charge in [0.15, 0.2) is 0 Å². The van der Waals surface area contributed by atoms with Gasteiger partial charge in [0.25, 0.3) is 0 Å². The molecule has 0 aromatic heterocycles. The largest absolute Gasteiger partial charge is 0.351 e. The molecule has 0 saturated carbocycles. The second-order valence-corrected chi connectivity index (χ2v) is 4.40. The Morgan fingerprint density at radius 2 is 2.00 bits per heavy atom. The lowest BCUT2D eigenvalue weighted by Crippen LogP contribution is -2.39. The van der Waals surface area contributed by atoms with E-state index in [1.807, 2.05) is 44.2 Å². The van der Waals surface area contributed by atoms with Crippen molar-refractivity contribution in [1.82, 2.24) is 5.32 Å². The van der Waals surface area contributed by atoms with E-state index in [9.17, 15) is 4.79 Å². The van der Waals surface area contributed by atoms with Crippen LogP contribution in [0.3, 0.4) is 0 Å². The van der Waals surface area contributed by atoms with E-state index in [-0.39, 0.29) is 11.9 Å². The Hall–Kier alpha value is -1.61. The number of carbonyl (C=O) groups is 1. The van der Waals surface area contributed by atoms with Gasteiger partial charge in [-0.2, -0.15) is 0 Å². The van der Waals surface area contributed by atoms with E-state index in [0.29, 0.717) is 12.5 Å². The molecule has 0 heterocycles. The van der Waals surface area contributed by atoms with Crippen LogP contribution < -0.4 is 11.1 Å². The second kappa shape index (κ2) is 6.86. The first-order chi connectivity index (χ1) is 8.09. The smallest absolute Gasteiger partial charge is 0.244 e. The van der Waals surface area contributed by atoms with Crippen molar-refractivity contribution in [3.8, 4) is 0 Å². The SMILES string of the molecule is CC(C)[C@H](N)CNC(=O)/C=C/c1ccccc1. The van der Waals surface area contributed by atoms with Gasteiger partial charge in [0.2, 0.25) is 5.91 Å². The van der Waals surface area contributed by atoms with Crippen LogP contribution in [0.2, 0.25) is 0 Å². The summed E-state index contributed by atoms with van der Waals surface area (Å²) in [6.45, 7) is 4.59. The summed E-state index contributed by atoms with van der Waals surface area (Å²) in [4.78, 5) is 11.5. The molecular weight excluding hydrogens is 212 g/mol. The number of carbonyl (C=O) groups excluding carboxylic acids is 1. The molecule has 1 atom stereocenters. The normalized spacial score (nSPS) is 12.9. The van der Waals surface area contributed by atoms with Crippen molar-refractivity contribution in [1.29, 1.82) is 0 Å². The Kier molecular flexibility index (Phi) is 5.43. The minimum atomic E-state index is -0.107. The molecule has 0 aliphatic rings. The van der Waals surface area contributed by atoms with Crippen LogP contribution >= 0.6 is 0 Å². The van der Waals surface area contributed by atoms with Crippen molar-refractivity contribution in [3.05, 3.63) is 42.0 Å². The lowest BCUT2D eigenvalue weighted by molar-refractivity contribution is -0.116. The Labute approximate surface area is 103 Å². The fourth-order valence-corrected chi connectivity index (χ4v) is 1.25. The molecule has 0 bridgehead atoms. The first kappa shape index (κ1) is 13.5. The summed E-state index contributed by atoms with van der Waals surface area (Å²) >= 11 is 0. The van der Waals surface area contributed by atoms with Gasteiger partial charge in [-0.3, -0.25) is 4.79 Å². The third-order valence-electron chi connectivity index (χ3n) is 2.60. The fraction of sp³-hybridized carbons (Fsp3) is 0.357. The quantitative estimate of drug-likeness (QED) is 0.761. The van der Waals surface area contributed by atoms with Crippen molar-refractivity contribution in [3.63, 3.8) is 0 Å². The highest BCUT2D eigenvalue weighted by atomic mass is 16.1. The number of nitrogens with one attached hydrogen (secondary N) is 1. The summed E-state index contributed by atoms with van der Waals surface area (Å²) in [6, 6.07) is 9.72. The molecule has 3 N–H and O–H groups in total. The van der Waals surface area contributed by atoms with E-state index in [4.69, 9.17) is 5.73 Å². The van der Waals surface area contributed by atoms with Gasteiger partial charge >= 0.3 is 0 Å². The predicted octanol–water partition coefficient (Wildman–Crippen LogP) is 1.80. The van der Waals surface area contributed by atoms with E-state index in [1.165, 1.54) is 6.08 Å². The molecule has 92 valence electrons. The molecule has 3 heteroatoms. The van der Waals surface area contributed by atoms with Crippen LogP contribution in [-0.4, -0.2) is 18.5 Å². The zero-order valence-electron chi connectivity index (χ0n) is 10.4. The monoisotopic (exact) mass is 232 g/mol. The van der Waals surface area contributed by atoms with Gasteiger partial charge in [-0.1, -0.05) is 44.2 Å². The van der Waals surface area contributed by atoms with Crippen molar-refractivity contribution >= 4 is 12.0 Å². The summed E-state index contributed by atoms with van der Waals surface area (Å²) in [5.41, 5.74) is 6.84. The molecule has 1 rings (SSSR count). The zero-order chi connectivity index (χ0) is 12.7. The van der Waals surface area contributed by atoms with Gasteiger partial charge < -0.3 is 11.1 Å². The average Bonchev–Trinajstić information content (AvgIpc) is 2.34. The van der Waals surface area contributed by atoms with Crippen molar-refractivity contribution in [2.75, 3.05) is 6.54 Å². The third-order valence-corrected chi connectivity index (χ3v) is 2.60. The molecule has 1 amide bonds. The topological polar surface area (TPSA) is 55.1 Å². The Balaban J connectivity index is 2.37. The number of amides is 1. The maximum Gasteiger partial charge on any atom is 0.244 e. The molecule has 0 fully saturated rings. The summed E-state index contributed by atoms with van der Waals surface area (Å²) < 4.78 is 0. The van der Waals surface area contributed by atoms with Crippen LogP contribution in [0.4, 0.5) is 0 Å². The minimum absolute atomic E-state index is 0.00377. The Morgan fingerprint density at radius 1 is 1.35 bits per heavy atom. The van der Waals surface area contributed by atoms with Gasteiger partial charge in [-0.15, -0.1) is 0 Å². The zero-order valence-corrected chi connectivity index (χ0v) is 10.4. The van der Waals surface area contributed by atoms with Crippen molar-refractivity contribution < 1.29 is 4.79 Å². The van der Waals surface area contributed by atoms with Crippen molar-refractivity contribution in [2.45, 2.75) is 19.9 Å². The molecular formula is C14H20N2O. The standard InChI is InChI=1S/C14H20N2O/c1-11(2)13(15)10-16-14(17)9-8-12-6-4-3-5-7-12/h3-9,11,13H,10,15H2,1-2H3,(H,16,17)/b9-8+/t13-/m1/s1. The summed E-state index contributed by atoms with van der Waals surface area (Å²) in [5.74, 6) is 0.262. The first-order valence-corrected chi connectivity index (χ1v) is 5.86. The molecule has 1 aromatic rings. The number of hydrogen-bond donors (Lipinski definition) is 2. The molecule has 1 aromatic carbocycles. The van der Waals surface area contributed by atoms with Gasteiger partial charge in [0, 0.05) is 18.7 Å².